The quantitative estimate of drug-likeness (QED) is 0.418. The summed E-state index contributed by atoms with van der Waals surface area (Å²) in [6, 6.07) is 0. The molecule has 0 aliphatic heterocycles. The fraction of sp³-hybridized carbons (Fsp3) is 0.400. The van der Waals surface area contributed by atoms with Crippen LogP contribution < -0.4 is 0 Å². The zero-order valence-electron chi connectivity index (χ0n) is 5.16. The predicted octanol–water partition coefficient (Wildman–Crippen LogP) is 2.55. The van der Waals surface area contributed by atoms with E-state index >= 15 is 0 Å². The molecule has 0 saturated heterocycles. The fourth-order valence-electron chi connectivity index (χ4n) is 0.239. The first kappa shape index (κ1) is 10.7. The van der Waals surface area contributed by atoms with Crippen molar-refractivity contribution in [3.8, 4) is 0 Å². The number of alkyl halides is 3. The van der Waals surface area contributed by atoms with Gasteiger partial charge in [-0.25, -0.2) is 4.79 Å². The predicted molar refractivity (Wildman–Crippen MR) is 50.7 cm³/mol. The minimum absolute atomic E-state index is 0.259. The Bertz CT molecular complexity index is 159. The molecule has 0 bridgehead atoms. The van der Waals surface area contributed by atoms with Gasteiger partial charge in [0.2, 0.25) is 0 Å². The van der Waals surface area contributed by atoms with Crippen molar-refractivity contribution >= 4 is 53.8 Å². The second-order valence-electron chi connectivity index (χ2n) is 1.47. The molecule has 5 heteroatoms. The van der Waals surface area contributed by atoms with Crippen LogP contribution in [0.1, 0.15) is 0 Å². The highest BCUT2D eigenvalue weighted by molar-refractivity contribution is 9.39. The number of hydrogen-bond donors (Lipinski definition) is 0. The molecule has 0 aromatic rings. The van der Waals surface area contributed by atoms with Crippen molar-refractivity contribution in [1.82, 2.24) is 0 Å². The summed E-state index contributed by atoms with van der Waals surface area (Å²) < 4.78 is 3.66. The molecule has 58 valence electrons. The number of carbonyl (C=O) groups is 1. The topological polar surface area (TPSA) is 26.3 Å². The average molecular weight is 337 g/mol. The van der Waals surface area contributed by atoms with Gasteiger partial charge in [-0.05, 0) is 0 Å². The summed E-state index contributed by atoms with van der Waals surface area (Å²) in [5, 5.41) is 0. The highest BCUT2D eigenvalue weighted by atomic mass is 80.0. The van der Waals surface area contributed by atoms with Crippen LogP contribution in [0, 0.1) is 0 Å². The lowest BCUT2D eigenvalue weighted by Crippen LogP contribution is -2.15. The van der Waals surface area contributed by atoms with E-state index in [0.717, 1.165) is 0 Å². The van der Waals surface area contributed by atoms with Gasteiger partial charge in [0.25, 0.3) is 0 Å². The van der Waals surface area contributed by atoms with Crippen molar-refractivity contribution < 1.29 is 9.53 Å². The van der Waals surface area contributed by atoms with E-state index in [2.05, 4.69) is 59.1 Å². The van der Waals surface area contributed by atoms with E-state index in [1.54, 1.807) is 0 Å². The van der Waals surface area contributed by atoms with Crippen molar-refractivity contribution in [2.45, 2.75) is 2.14 Å². The number of esters is 1. The van der Waals surface area contributed by atoms with E-state index in [9.17, 15) is 4.79 Å². The lowest BCUT2D eigenvalue weighted by molar-refractivity contribution is -0.136. The third-order valence-electron chi connectivity index (χ3n) is 0.774. The van der Waals surface area contributed by atoms with Gasteiger partial charge in [-0.2, -0.15) is 0 Å². The monoisotopic (exact) mass is 334 g/mol. The van der Waals surface area contributed by atoms with Gasteiger partial charge >= 0.3 is 5.97 Å². The van der Waals surface area contributed by atoms with Crippen molar-refractivity contribution in [2.75, 3.05) is 7.11 Å². The van der Waals surface area contributed by atoms with Crippen molar-refractivity contribution in [1.29, 1.82) is 0 Å². The second kappa shape index (κ2) is 3.88. The van der Waals surface area contributed by atoms with Crippen LogP contribution >= 0.6 is 47.8 Å². The number of rotatable bonds is 1. The SMILES string of the molecule is C=C(C(=O)OC)C(Br)(Br)Br. The molecular formula is C5H5Br3O2. The van der Waals surface area contributed by atoms with E-state index in [-0.39, 0.29) is 5.57 Å². The molecule has 0 heterocycles. The summed E-state index contributed by atoms with van der Waals surface area (Å²) in [6.45, 7) is 3.48. The van der Waals surface area contributed by atoms with Crippen LogP contribution in [0.4, 0.5) is 0 Å². The van der Waals surface area contributed by atoms with Crippen molar-refractivity contribution in [3.63, 3.8) is 0 Å². The zero-order valence-corrected chi connectivity index (χ0v) is 9.92. The molecule has 2 nitrogen and oxygen atoms in total. The lowest BCUT2D eigenvalue weighted by Gasteiger charge is -2.12. The molecule has 0 radical (unpaired) electrons. The number of methoxy groups -OCH3 is 1. The van der Waals surface area contributed by atoms with Gasteiger partial charge in [-0.3, -0.25) is 0 Å². The van der Waals surface area contributed by atoms with Crippen molar-refractivity contribution in [2.24, 2.45) is 0 Å². The molecule has 0 unspecified atom stereocenters. The Labute approximate surface area is 84.4 Å². The van der Waals surface area contributed by atoms with E-state index in [1.807, 2.05) is 0 Å². The smallest absolute Gasteiger partial charge is 0.336 e. The molecule has 0 aliphatic carbocycles. The summed E-state index contributed by atoms with van der Waals surface area (Å²) in [6.07, 6.45) is 0. The fourth-order valence-corrected chi connectivity index (χ4v) is 0.725. The number of halogens is 3. The number of hydrogen-bond acceptors (Lipinski definition) is 2. The van der Waals surface area contributed by atoms with Gasteiger partial charge in [0.05, 0.1) is 12.7 Å². The molecule has 0 N–H and O–H groups in total. The highest BCUT2D eigenvalue weighted by Crippen LogP contribution is 2.40. The molecule has 0 aliphatic rings. The first-order valence-corrected chi connectivity index (χ1v) is 4.62. The Morgan fingerprint density at radius 1 is 1.50 bits per heavy atom. The van der Waals surface area contributed by atoms with Gasteiger partial charge in [0.1, 0.15) is 0 Å². The first-order chi connectivity index (χ1) is 4.39. The molecular weight excluding hydrogens is 332 g/mol. The summed E-state index contributed by atoms with van der Waals surface area (Å²) >= 11 is 9.35. The maximum Gasteiger partial charge on any atom is 0.336 e. The zero-order chi connectivity index (χ0) is 8.36. The Kier molecular flexibility index (Phi) is 4.13. The van der Waals surface area contributed by atoms with Crippen LogP contribution in [-0.4, -0.2) is 15.2 Å². The summed E-state index contributed by atoms with van der Waals surface area (Å²) in [5.74, 6) is -0.467. The van der Waals surface area contributed by atoms with Gasteiger partial charge in [-0.1, -0.05) is 54.4 Å². The van der Waals surface area contributed by atoms with E-state index < -0.39 is 8.11 Å². The Hall–Kier alpha value is 0.650. The molecule has 0 aromatic heterocycles. The maximum atomic E-state index is 10.7. The van der Waals surface area contributed by atoms with Gasteiger partial charge < -0.3 is 4.74 Å². The minimum atomic E-state index is -0.750. The van der Waals surface area contributed by atoms with E-state index in [0.29, 0.717) is 0 Å². The van der Waals surface area contributed by atoms with Crippen molar-refractivity contribution in [3.05, 3.63) is 12.2 Å². The van der Waals surface area contributed by atoms with E-state index in [4.69, 9.17) is 0 Å². The highest BCUT2D eigenvalue weighted by Gasteiger charge is 2.28. The molecule has 0 spiro atoms. The largest absolute Gasteiger partial charge is 0.466 e. The van der Waals surface area contributed by atoms with Crippen LogP contribution in [0.25, 0.3) is 0 Å². The third kappa shape index (κ3) is 3.16. The van der Waals surface area contributed by atoms with Crippen LogP contribution in [0.5, 0.6) is 0 Å². The molecule has 10 heavy (non-hydrogen) atoms. The van der Waals surface area contributed by atoms with E-state index in [1.165, 1.54) is 7.11 Å². The molecule has 0 atom stereocenters. The Morgan fingerprint density at radius 3 is 2.00 bits per heavy atom. The van der Waals surface area contributed by atoms with Crippen LogP contribution in [0.3, 0.4) is 0 Å². The van der Waals surface area contributed by atoms with Gasteiger partial charge in [0, 0.05) is 0 Å². The third-order valence-corrected chi connectivity index (χ3v) is 2.21. The molecule has 0 aromatic carbocycles. The minimum Gasteiger partial charge on any atom is -0.466 e. The van der Waals surface area contributed by atoms with Gasteiger partial charge in [-0.15, -0.1) is 0 Å². The van der Waals surface area contributed by atoms with Crippen LogP contribution in [0.15, 0.2) is 12.2 Å². The second-order valence-corrected chi connectivity index (χ2v) is 8.23. The average Bonchev–Trinajstić information content (AvgIpc) is 1.83. The van der Waals surface area contributed by atoms with Gasteiger partial charge in [0.15, 0.2) is 2.14 Å². The molecule has 0 saturated carbocycles. The normalized spacial score (nSPS) is 10.8. The standard InChI is InChI=1S/C5H5Br3O2/c1-3(4(9)10-2)5(6,7)8/h1H2,2H3. The van der Waals surface area contributed by atoms with Crippen LogP contribution in [0.2, 0.25) is 0 Å². The Morgan fingerprint density at radius 2 is 1.90 bits per heavy atom. The van der Waals surface area contributed by atoms with Crippen LogP contribution in [-0.2, 0) is 9.53 Å². The first-order valence-electron chi connectivity index (χ1n) is 2.24. The molecule has 0 rings (SSSR count). The Balaban J connectivity index is 4.24. The molecule has 0 fully saturated rings. The number of carbonyl (C=O) groups excluding carboxylic acids is 1. The summed E-state index contributed by atoms with van der Waals surface area (Å²) in [5.41, 5.74) is 0.259. The lowest BCUT2D eigenvalue weighted by atomic mass is 10.4. The summed E-state index contributed by atoms with van der Waals surface area (Å²) in [7, 11) is 1.30. The number of ether oxygens (including phenoxy) is 1. The maximum absolute atomic E-state index is 10.7. The summed E-state index contributed by atoms with van der Waals surface area (Å²) in [4.78, 5) is 10.7. The molecule has 0 amide bonds.